The molecule has 3 aromatic rings. The van der Waals surface area contributed by atoms with Crippen LogP contribution in [0.4, 0.5) is 5.82 Å². The van der Waals surface area contributed by atoms with Gasteiger partial charge in [-0.05, 0) is 38.5 Å². The number of nitrogens with zero attached hydrogens (tertiary/aromatic N) is 4. The number of benzene rings is 1. The fraction of sp³-hybridized carbons (Fsp3) is 0.368. The Bertz CT molecular complexity index is 1020. The smallest absolute Gasteiger partial charge is 0.277 e. The summed E-state index contributed by atoms with van der Waals surface area (Å²) in [6.07, 6.45) is 2.59. The number of carbonyl (C=O) groups is 1. The molecule has 0 unspecified atom stereocenters. The van der Waals surface area contributed by atoms with Crippen LogP contribution in [0, 0.1) is 0 Å². The number of ether oxygens (including phenoxy) is 2. The number of hydrogen-bond donors (Lipinski definition) is 1. The summed E-state index contributed by atoms with van der Waals surface area (Å²) < 4.78 is 18.2. The third-order valence-electron chi connectivity index (χ3n) is 4.60. The second-order valence-electron chi connectivity index (χ2n) is 6.61. The molecule has 4 rings (SSSR count). The van der Waals surface area contributed by atoms with Gasteiger partial charge in [0.05, 0.1) is 17.5 Å². The quantitative estimate of drug-likeness (QED) is 0.582. The molecular weight excluding hydrogens is 394 g/mol. The van der Waals surface area contributed by atoms with Gasteiger partial charge in [0.2, 0.25) is 18.6 Å². The van der Waals surface area contributed by atoms with E-state index in [4.69, 9.17) is 13.9 Å². The van der Waals surface area contributed by atoms with Gasteiger partial charge in [0.25, 0.3) is 5.22 Å². The molecule has 0 saturated carbocycles. The molecule has 152 valence electrons. The first kappa shape index (κ1) is 19.3. The van der Waals surface area contributed by atoms with Crippen molar-refractivity contribution in [1.82, 2.24) is 20.0 Å². The zero-order valence-electron chi connectivity index (χ0n) is 16.3. The van der Waals surface area contributed by atoms with Crippen LogP contribution in [-0.4, -0.2) is 37.9 Å². The fourth-order valence-corrected chi connectivity index (χ4v) is 3.46. The van der Waals surface area contributed by atoms with E-state index in [-0.39, 0.29) is 18.7 Å². The monoisotopic (exact) mass is 415 g/mol. The summed E-state index contributed by atoms with van der Waals surface area (Å²) in [4.78, 5) is 12.6. The van der Waals surface area contributed by atoms with E-state index in [1.165, 1.54) is 11.8 Å². The van der Waals surface area contributed by atoms with Gasteiger partial charge in [0.15, 0.2) is 11.5 Å². The van der Waals surface area contributed by atoms with Crippen molar-refractivity contribution in [2.45, 2.75) is 43.7 Å². The van der Waals surface area contributed by atoms with Gasteiger partial charge >= 0.3 is 0 Å². The summed E-state index contributed by atoms with van der Waals surface area (Å²) in [5, 5.41) is 15.2. The molecule has 0 radical (unpaired) electrons. The van der Waals surface area contributed by atoms with Gasteiger partial charge in [-0.25, -0.2) is 4.68 Å². The molecule has 1 amide bonds. The predicted molar refractivity (Wildman–Crippen MR) is 107 cm³/mol. The van der Waals surface area contributed by atoms with Crippen molar-refractivity contribution in [3.8, 4) is 23.0 Å². The number of amides is 1. The third kappa shape index (κ3) is 4.07. The zero-order chi connectivity index (χ0) is 20.4. The van der Waals surface area contributed by atoms with Crippen LogP contribution in [-0.2, 0) is 4.79 Å². The molecule has 2 aromatic heterocycles. The molecule has 1 aliphatic heterocycles. The molecule has 9 nitrogen and oxygen atoms in total. The van der Waals surface area contributed by atoms with Crippen molar-refractivity contribution in [3.63, 3.8) is 0 Å². The van der Waals surface area contributed by atoms with Crippen LogP contribution in [0.2, 0.25) is 0 Å². The van der Waals surface area contributed by atoms with Gasteiger partial charge in [-0.15, -0.1) is 10.2 Å². The number of aromatic nitrogens is 4. The number of hydrogen-bond acceptors (Lipinski definition) is 8. The molecule has 0 spiro atoms. The normalized spacial score (nSPS) is 14.6. The van der Waals surface area contributed by atoms with Gasteiger partial charge in [0.1, 0.15) is 5.82 Å². The molecule has 1 aromatic carbocycles. The largest absolute Gasteiger partial charge is 0.454 e. The third-order valence-corrected chi connectivity index (χ3v) is 5.54. The molecule has 10 heteroatoms. The van der Waals surface area contributed by atoms with Crippen molar-refractivity contribution in [1.29, 1.82) is 0 Å². The minimum atomic E-state index is -0.430. The van der Waals surface area contributed by atoms with Crippen LogP contribution < -0.4 is 14.8 Å². The second-order valence-corrected chi connectivity index (χ2v) is 7.90. The standard InChI is InChI=1S/C19H21N5O4S/c1-4-11(2)24-16(7-8-20-24)21-17(25)12(3)29-19-23-22-18(28-19)13-5-6-14-15(9-13)27-10-26-14/h5-9,11-12H,4,10H2,1-3H3,(H,21,25)/t11-,12-/m1/s1. The zero-order valence-corrected chi connectivity index (χ0v) is 17.1. The lowest BCUT2D eigenvalue weighted by molar-refractivity contribution is -0.115. The maximum absolute atomic E-state index is 12.6. The van der Waals surface area contributed by atoms with E-state index in [9.17, 15) is 4.79 Å². The van der Waals surface area contributed by atoms with Crippen molar-refractivity contribution >= 4 is 23.5 Å². The number of anilines is 1. The average molecular weight is 415 g/mol. The molecule has 0 fully saturated rings. The van der Waals surface area contributed by atoms with Crippen molar-refractivity contribution in [3.05, 3.63) is 30.5 Å². The van der Waals surface area contributed by atoms with Gasteiger partial charge in [-0.2, -0.15) is 5.10 Å². The Balaban J connectivity index is 1.41. The van der Waals surface area contributed by atoms with Crippen molar-refractivity contribution in [2.24, 2.45) is 0 Å². The van der Waals surface area contributed by atoms with Crippen molar-refractivity contribution in [2.75, 3.05) is 12.1 Å². The van der Waals surface area contributed by atoms with Gasteiger partial charge in [0, 0.05) is 11.6 Å². The SMILES string of the molecule is CC[C@@H](C)n1nccc1NC(=O)[C@@H](C)Sc1nnc(-c2ccc3c(c2)OCO3)o1. The van der Waals surface area contributed by atoms with E-state index in [1.807, 2.05) is 6.07 Å². The highest BCUT2D eigenvalue weighted by atomic mass is 32.2. The second kappa shape index (κ2) is 8.16. The Morgan fingerprint density at radius 1 is 1.24 bits per heavy atom. The van der Waals surface area contributed by atoms with Crippen LogP contribution >= 0.6 is 11.8 Å². The van der Waals surface area contributed by atoms with Crippen LogP contribution in [0.1, 0.15) is 33.2 Å². The summed E-state index contributed by atoms with van der Waals surface area (Å²) >= 11 is 1.20. The average Bonchev–Trinajstić information content (AvgIpc) is 3.47. The minimum absolute atomic E-state index is 0.164. The number of rotatable bonds is 7. The van der Waals surface area contributed by atoms with Crippen molar-refractivity contribution < 1.29 is 18.7 Å². The molecule has 0 bridgehead atoms. The maximum atomic E-state index is 12.6. The number of thioether (sulfide) groups is 1. The lowest BCUT2D eigenvalue weighted by atomic mass is 10.2. The Kier molecular flexibility index (Phi) is 5.43. The highest BCUT2D eigenvalue weighted by Crippen LogP contribution is 2.36. The number of fused-ring (bicyclic) bond motifs is 1. The van der Waals surface area contributed by atoms with E-state index in [1.54, 1.807) is 36.0 Å². The van der Waals surface area contributed by atoms with E-state index >= 15 is 0 Å². The minimum Gasteiger partial charge on any atom is -0.454 e. The predicted octanol–water partition coefficient (Wildman–Crippen LogP) is 3.75. The maximum Gasteiger partial charge on any atom is 0.277 e. The van der Waals surface area contributed by atoms with E-state index in [0.29, 0.717) is 28.4 Å². The molecule has 3 heterocycles. The highest BCUT2D eigenvalue weighted by molar-refractivity contribution is 8.00. The first-order chi connectivity index (χ1) is 14.0. The summed E-state index contributed by atoms with van der Waals surface area (Å²) in [6.45, 7) is 6.11. The fourth-order valence-electron chi connectivity index (χ4n) is 2.77. The molecule has 0 saturated heterocycles. The molecule has 2 atom stereocenters. The first-order valence-electron chi connectivity index (χ1n) is 9.29. The van der Waals surface area contributed by atoms with Gasteiger partial charge in [-0.1, -0.05) is 18.7 Å². The van der Waals surface area contributed by atoms with Gasteiger partial charge in [-0.3, -0.25) is 4.79 Å². The van der Waals surface area contributed by atoms with Crippen LogP contribution in [0.25, 0.3) is 11.5 Å². The summed E-state index contributed by atoms with van der Waals surface area (Å²) in [7, 11) is 0. The highest BCUT2D eigenvalue weighted by Gasteiger charge is 2.21. The summed E-state index contributed by atoms with van der Waals surface area (Å²) in [5.74, 6) is 2.19. The number of nitrogens with one attached hydrogen (secondary N) is 1. The van der Waals surface area contributed by atoms with E-state index in [2.05, 4.69) is 34.5 Å². The molecular formula is C19H21N5O4S. The Morgan fingerprint density at radius 2 is 2.07 bits per heavy atom. The molecule has 1 N–H and O–H groups in total. The van der Waals surface area contributed by atoms with Crippen LogP contribution in [0.3, 0.4) is 0 Å². The van der Waals surface area contributed by atoms with E-state index in [0.717, 1.165) is 12.0 Å². The summed E-state index contributed by atoms with van der Waals surface area (Å²) in [6, 6.07) is 7.39. The van der Waals surface area contributed by atoms with Gasteiger partial charge < -0.3 is 19.2 Å². The molecule has 29 heavy (non-hydrogen) atoms. The molecule has 1 aliphatic rings. The lowest BCUT2D eigenvalue weighted by Gasteiger charge is -2.15. The van der Waals surface area contributed by atoms with Crippen LogP contribution in [0.5, 0.6) is 11.5 Å². The first-order valence-corrected chi connectivity index (χ1v) is 10.2. The lowest BCUT2D eigenvalue weighted by Crippen LogP contribution is -2.24. The molecule has 0 aliphatic carbocycles. The van der Waals surface area contributed by atoms with Crippen LogP contribution in [0.15, 0.2) is 40.1 Å². The van der Waals surface area contributed by atoms with E-state index < -0.39 is 5.25 Å². The Morgan fingerprint density at radius 3 is 2.90 bits per heavy atom. The Labute approximate surface area is 171 Å². The number of carbonyl (C=O) groups excluding carboxylic acids is 1. The summed E-state index contributed by atoms with van der Waals surface area (Å²) in [5.41, 5.74) is 0.725. The topological polar surface area (TPSA) is 104 Å². The Hall–Kier alpha value is -3.01.